The summed E-state index contributed by atoms with van der Waals surface area (Å²) in [5, 5.41) is 0.631. The van der Waals surface area contributed by atoms with Gasteiger partial charge in [0.2, 0.25) is 0 Å². The maximum absolute atomic E-state index is 11.7. The summed E-state index contributed by atoms with van der Waals surface area (Å²) in [5.74, 6) is -0.784. The highest BCUT2D eigenvalue weighted by Crippen LogP contribution is 2.21. The number of nitrogens with one attached hydrogen (secondary N) is 2. The summed E-state index contributed by atoms with van der Waals surface area (Å²) in [6.45, 7) is 0. The first kappa shape index (κ1) is 15.8. The summed E-state index contributed by atoms with van der Waals surface area (Å²) in [5.41, 5.74) is 5.48. The molecule has 1 heterocycles. The standard InChI is InChI=1S/C14H10BrClN2O2S/c15-12-7-6-11(21-12)14(20)18-17-13(19)8-3-9-1-4-10(16)5-2-9/h1-8H,(H,17,19)(H,18,20)/b8-3+. The molecule has 2 amide bonds. The summed E-state index contributed by atoms with van der Waals surface area (Å²) in [7, 11) is 0. The summed E-state index contributed by atoms with van der Waals surface area (Å²) in [4.78, 5) is 23.8. The van der Waals surface area contributed by atoms with Crippen molar-refractivity contribution in [3.63, 3.8) is 0 Å². The molecule has 108 valence electrons. The second kappa shape index (κ2) is 7.40. The van der Waals surface area contributed by atoms with E-state index >= 15 is 0 Å². The van der Waals surface area contributed by atoms with Crippen LogP contribution in [0.25, 0.3) is 6.08 Å². The number of thiophene rings is 1. The molecule has 0 atom stereocenters. The van der Waals surface area contributed by atoms with Crippen LogP contribution in [0.15, 0.2) is 46.3 Å². The SMILES string of the molecule is O=C(/C=C/c1ccc(Cl)cc1)NNC(=O)c1ccc(Br)s1. The molecule has 2 rings (SSSR count). The molecule has 0 aliphatic carbocycles. The van der Waals surface area contributed by atoms with E-state index in [9.17, 15) is 9.59 Å². The average Bonchev–Trinajstić information content (AvgIpc) is 2.91. The molecule has 7 heteroatoms. The predicted octanol–water partition coefficient (Wildman–Crippen LogP) is 3.64. The molecule has 2 N–H and O–H groups in total. The lowest BCUT2D eigenvalue weighted by molar-refractivity contribution is -0.117. The minimum atomic E-state index is -0.422. The number of hydrogen-bond acceptors (Lipinski definition) is 3. The number of carbonyl (C=O) groups excluding carboxylic acids is 2. The number of hydrazine groups is 1. The third-order valence-corrected chi connectivity index (χ3v) is 4.27. The van der Waals surface area contributed by atoms with Gasteiger partial charge in [0.05, 0.1) is 8.66 Å². The second-order valence-corrected chi connectivity index (χ2v) is 6.83. The summed E-state index contributed by atoms with van der Waals surface area (Å²) >= 11 is 10.3. The quantitative estimate of drug-likeness (QED) is 0.626. The first-order chi connectivity index (χ1) is 10.0. The minimum Gasteiger partial charge on any atom is -0.268 e. The summed E-state index contributed by atoms with van der Waals surface area (Å²) < 4.78 is 0.849. The Balaban J connectivity index is 1.84. The Kier molecular flexibility index (Phi) is 5.55. The van der Waals surface area contributed by atoms with E-state index in [0.717, 1.165) is 9.35 Å². The van der Waals surface area contributed by atoms with Gasteiger partial charge in [0.15, 0.2) is 0 Å². The van der Waals surface area contributed by atoms with Gasteiger partial charge in [-0.25, -0.2) is 0 Å². The fourth-order valence-electron chi connectivity index (χ4n) is 1.40. The highest BCUT2D eigenvalue weighted by Gasteiger charge is 2.08. The molecule has 1 aromatic heterocycles. The van der Waals surface area contributed by atoms with Crippen LogP contribution in [0.2, 0.25) is 5.02 Å². The molecule has 0 spiro atoms. The third kappa shape index (κ3) is 5.00. The number of rotatable bonds is 3. The van der Waals surface area contributed by atoms with E-state index in [1.165, 1.54) is 17.4 Å². The van der Waals surface area contributed by atoms with E-state index in [2.05, 4.69) is 26.8 Å². The van der Waals surface area contributed by atoms with Crippen LogP contribution >= 0.6 is 38.9 Å². The fraction of sp³-hybridized carbons (Fsp3) is 0. The van der Waals surface area contributed by atoms with Crippen molar-refractivity contribution in [2.24, 2.45) is 0 Å². The largest absolute Gasteiger partial charge is 0.279 e. The van der Waals surface area contributed by atoms with Crippen molar-refractivity contribution in [3.05, 3.63) is 61.7 Å². The van der Waals surface area contributed by atoms with Crippen LogP contribution in [0, 0.1) is 0 Å². The van der Waals surface area contributed by atoms with E-state index < -0.39 is 5.91 Å². The maximum atomic E-state index is 11.7. The van der Waals surface area contributed by atoms with E-state index in [-0.39, 0.29) is 5.91 Å². The van der Waals surface area contributed by atoms with Crippen LogP contribution in [0.3, 0.4) is 0 Å². The Hall–Kier alpha value is -1.63. The topological polar surface area (TPSA) is 58.2 Å². The van der Waals surface area contributed by atoms with Crippen molar-refractivity contribution in [1.82, 2.24) is 10.9 Å². The van der Waals surface area contributed by atoms with Gasteiger partial charge in [0.1, 0.15) is 0 Å². The molecular weight excluding hydrogens is 376 g/mol. The van der Waals surface area contributed by atoms with Gasteiger partial charge >= 0.3 is 0 Å². The Morgan fingerprint density at radius 3 is 2.43 bits per heavy atom. The van der Waals surface area contributed by atoms with Crippen molar-refractivity contribution < 1.29 is 9.59 Å². The zero-order chi connectivity index (χ0) is 15.2. The molecule has 0 aliphatic rings. The Labute approximate surface area is 138 Å². The fourth-order valence-corrected chi connectivity index (χ4v) is 2.81. The lowest BCUT2D eigenvalue weighted by Gasteiger charge is -2.03. The van der Waals surface area contributed by atoms with Crippen LogP contribution < -0.4 is 10.9 Å². The number of carbonyl (C=O) groups is 2. The van der Waals surface area contributed by atoms with Crippen molar-refractivity contribution in [2.75, 3.05) is 0 Å². The maximum Gasteiger partial charge on any atom is 0.279 e. The predicted molar refractivity (Wildman–Crippen MR) is 88.1 cm³/mol. The van der Waals surface area contributed by atoms with E-state index in [1.807, 2.05) is 0 Å². The lowest BCUT2D eigenvalue weighted by atomic mass is 10.2. The molecule has 0 saturated carbocycles. The average molecular weight is 386 g/mol. The summed E-state index contributed by atoms with van der Waals surface area (Å²) in [6.07, 6.45) is 2.95. The van der Waals surface area contributed by atoms with Gasteiger partial charge in [-0.15, -0.1) is 11.3 Å². The van der Waals surface area contributed by atoms with Gasteiger partial charge in [0.25, 0.3) is 11.8 Å². The molecule has 0 radical (unpaired) electrons. The number of halogens is 2. The number of hydrogen-bond donors (Lipinski definition) is 2. The van der Waals surface area contributed by atoms with Crippen LogP contribution in [0.1, 0.15) is 15.2 Å². The normalized spacial score (nSPS) is 10.6. The second-order valence-electron chi connectivity index (χ2n) is 3.93. The highest BCUT2D eigenvalue weighted by atomic mass is 79.9. The number of benzene rings is 1. The van der Waals surface area contributed by atoms with Crippen LogP contribution in [-0.4, -0.2) is 11.8 Å². The molecule has 21 heavy (non-hydrogen) atoms. The highest BCUT2D eigenvalue weighted by molar-refractivity contribution is 9.11. The molecule has 0 aliphatic heterocycles. The molecule has 4 nitrogen and oxygen atoms in total. The smallest absolute Gasteiger partial charge is 0.268 e. The Morgan fingerprint density at radius 2 is 1.81 bits per heavy atom. The van der Waals surface area contributed by atoms with Gasteiger partial charge in [-0.05, 0) is 51.8 Å². The molecule has 0 bridgehead atoms. The third-order valence-electron chi connectivity index (χ3n) is 2.39. The van der Waals surface area contributed by atoms with Crippen molar-refractivity contribution in [2.45, 2.75) is 0 Å². The lowest BCUT2D eigenvalue weighted by Crippen LogP contribution is -2.40. The van der Waals surface area contributed by atoms with Gasteiger partial charge in [-0.2, -0.15) is 0 Å². The zero-order valence-electron chi connectivity index (χ0n) is 10.6. The van der Waals surface area contributed by atoms with Crippen molar-refractivity contribution >= 4 is 56.8 Å². The van der Waals surface area contributed by atoms with Gasteiger partial charge in [-0.1, -0.05) is 23.7 Å². The molecular formula is C14H10BrClN2O2S. The van der Waals surface area contributed by atoms with Crippen LogP contribution in [0.5, 0.6) is 0 Å². The minimum absolute atomic E-state index is 0.362. The monoisotopic (exact) mass is 384 g/mol. The van der Waals surface area contributed by atoms with Gasteiger partial charge < -0.3 is 0 Å². The van der Waals surface area contributed by atoms with Crippen molar-refractivity contribution in [1.29, 1.82) is 0 Å². The van der Waals surface area contributed by atoms with Gasteiger partial charge in [0, 0.05) is 11.1 Å². The van der Waals surface area contributed by atoms with E-state index in [0.29, 0.717) is 9.90 Å². The molecule has 0 unspecified atom stereocenters. The van der Waals surface area contributed by atoms with Gasteiger partial charge in [-0.3, -0.25) is 20.4 Å². The summed E-state index contributed by atoms with van der Waals surface area (Å²) in [6, 6.07) is 10.5. The molecule has 2 aromatic rings. The first-order valence-electron chi connectivity index (χ1n) is 5.84. The first-order valence-corrected chi connectivity index (χ1v) is 7.82. The molecule has 1 aromatic carbocycles. The van der Waals surface area contributed by atoms with E-state index in [1.54, 1.807) is 42.5 Å². The Bertz CT molecular complexity index is 683. The van der Waals surface area contributed by atoms with Crippen molar-refractivity contribution in [3.8, 4) is 0 Å². The molecule has 0 saturated heterocycles. The Morgan fingerprint density at radius 1 is 1.10 bits per heavy atom. The van der Waals surface area contributed by atoms with E-state index in [4.69, 9.17) is 11.6 Å². The number of amides is 2. The van der Waals surface area contributed by atoms with Crippen LogP contribution in [0.4, 0.5) is 0 Å². The zero-order valence-corrected chi connectivity index (χ0v) is 13.8. The van der Waals surface area contributed by atoms with Crippen LogP contribution in [-0.2, 0) is 4.79 Å². The molecule has 0 fully saturated rings.